The molecule has 2 aromatic heterocycles. The van der Waals surface area contributed by atoms with Crippen molar-refractivity contribution in [3.8, 4) is 0 Å². The highest BCUT2D eigenvalue weighted by atomic mass is 79.9. The third kappa shape index (κ3) is 2.06. The Labute approximate surface area is 128 Å². The Morgan fingerprint density at radius 3 is 2.86 bits per heavy atom. The van der Waals surface area contributed by atoms with Crippen molar-refractivity contribution in [2.24, 2.45) is 0 Å². The molecule has 0 spiro atoms. The zero-order chi connectivity index (χ0) is 14.4. The smallest absolute Gasteiger partial charge is 0.229 e. The van der Waals surface area contributed by atoms with E-state index in [0.29, 0.717) is 21.0 Å². The Kier molecular flexibility index (Phi) is 3.00. The molecule has 21 heavy (non-hydrogen) atoms. The molecule has 0 radical (unpaired) electrons. The van der Waals surface area contributed by atoms with E-state index in [-0.39, 0.29) is 5.82 Å². The van der Waals surface area contributed by atoms with Crippen LogP contribution in [0.4, 0.5) is 10.3 Å². The number of nitrogens with one attached hydrogen (secondary N) is 1. The molecule has 0 bridgehead atoms. The van der Waals surface area contributed by atoms with E-state index in [1.54, 1.807) is 10.6 Å². The van der Waals surface area contributed by atoms with Gasteiger partial charge in [0.1, 0.15) is 12.1 Å². The van der Waals surface area contributed by atoms with E-state index in [1.165, 1.54) is 12.4 Å². The van der Waals surface area contributed by atoms with Gasteiger partial charge in [-0.15, -0.1) is 0 Å². The maximum absolute atomic E-state index is 13.8. The molecule has 4 rings (SSSR count). The molecular formula is C13H12BrFN6. The molecule has 1 aromatic carbocycles. The maximum atomic E-state index is 13.8. The lowest BCUT2D eigenvalue weighted by atomic mass is 10.2. The fraction of sp³-hybridized carbons (Fsp3) is 0.308. The summed E-state index contributed by atoms with van der Waals surface area (Å²) in [6.07, 6.45) is 1.47. The molecule has 1 aliphatic heterocycles. The van der Waals surface area contributed by atoms with Gasteiger partial charge in [-0.1, -0.05) is 0 Å². The zero-order valence-electron chi connectivity index (χ0n) is 11.1. The minimum Gasteiger partial charge on any atom is -0.338 e. The number of anilines is 1. The quantitative estimate of drug-likeness (QED) is 0.722. The summed E-state index contributed by atoms with van der Waals surface area (Å²) in [6.45, 7) is 3.53. The van der Waals surface area contributed by atoms with Crippen molar-refractivity contribution in [2.75, 3.05) is 31.1 Å². The van der Waals surface area contributed by atoms with Crippen LogP contribution in [0, 0.1) is 5.82 Å². The van der Waals surface area contributed by atoms with E-state index in [0.717, 1.165) is 32.1 Å². The normalized spacial score (nSPS) is 16.0. The monoisotopic (exact) mass is 350 g/mol. The van der Waals surface area contributed by atoms with E-state index < -0.39 is 0 Å². The molecule has 0 saturated carbocycles. The number of aromatic nitrogens is 4. The van der Waals surface area contributed by atoms with Crippen LogP contribution >= 0.6 is 15.9 Å². The average Bonchev–Trinajstić information content (AvgIpc) is 2.99. The molecule has 3 aromatic rings. The Hall–Kier alpha value is -1.80. The van der Waals surface area contributed by atoms with Crippen LogP contribution in [-0.2, 0) is 0 Å². The first-order valence-corrected chi connectivity index (χ1v) is 7.47. The van der Waals surface area contributed by atoms with E-state index in [2.05, 4.69) is 41.2 Å². The average molecular weight is 351 g/mol. The summed E-state index contributed by atoms with van der Waals surface area (Å²) in [7, 11) is 0. The van der Waals surface area contributed by atoms with E-state index in [9.17, 15) is 4.39 Å². The summed E-state index contributed by atoms with van der Waals surface area (Å²) in [5.74, 6) is 0.416. The molecule has 1 N–H and O–H groups in total. The van der Waals surface area contributed by atoms with Crippen LogP contribution in [-0.4, -0.2) is 45.8 Å². The van der Waals surface area contributed by atoms with E-state index >= 15 is 0 Å². The van der Waals surface area contributed by atoms with Crippen molar-refractivity contribution >= 4 is 38.4 Å². The third-order valence-electron chi connectivity index (χ3n) is 3.64. The molecule has 1 fully saturated rings. The van der Waals surface area contributed by atoms with Crippen LogP contribution in [0.25, 0.3) is 16.6 Å². The van der Waals surface area contributed by atoms with Gasteiger partial charge in [-0.2, -0.15) is 9.61 Å². The topological polar surface area (TPSA) is 58.4 Å². The van der Waals surface area contributed by atoms with Gasteiger partial charge in [0.05, 0.1) is 9.99 Å². The molecule has 3 heterocycles. The standard InChI is InChI=1S/C13H12BrFN6/c14-9-6-11-8(5-10(9)15)12-17-7-18-21(12)13(19-11)20-3-1-16-2-4-20/h5-7,16H,1-4H2. The van der Waals surface area contributed by atoms with Gasteiger partial charge in [-0.25, -0.2) is 14.4 Å². The van der Waals surface area contributed by atoms with Gasteiger partial charge in [0.2, 0.25) is 5.95 Å². The van der Waals surface area contributed by atoms with Crippen LogP contribution in [0.3, 0.4) is 0 Å². The molecule has 108 valence electrons. The molecule has 1 aliphatic rings. The second-order valence-corrected chi connectivity index (χ2v) is 5.78. The first kappa shape index (κ1) is 12.9. The minimum atomic E-state index is -0.330. The van der Waals surface area contributed by atoms with Crippen LogP contribution in [0.2, 0.25) is 0 Å². The minimum absolute atomic E-state index is 0.330. The fourth-order valence-corrected chi connectivity index (χ4v) is 2.94. The highest BCUT2D eigenvalue weighted by Gasteiger charge is 2.19. The van der Waals surface area contributed by atoms with Crippen molar-refractivity contribution in [2.45, 2.75) is 0 Å². The summed E-state index contributed by atoms with van der Waals surface area (Å²) in [5, 5.41) is 8.21. The van der Waals surface area contributed by atoms with Crippen LogP contribution in [0.5, 0.6) is 0 Å². The number of piperazine rings is 1. The Bertz CT molecular complexity index is 826. The molecule has 0 amide bonds. The van der Waals surface area contributed by atoms with Crippen molar-refractivity contribution in [3.05, 3.63) is 28.7 Å². The summed E-state index contributed by atoms with van der Waals surface area (Å²) < 4.78 is 15.9. The lowest BCUT2D eigenvalue weighted by Gasteiger charge is -2.28. The van der Waals surface area contributed by atoms with Gasteiger partial charge in [0.15, 0.2) is 5.65 Å². The third-order valence-corrected chi connectivity index (χ3v) is 4.24. The summed E-state index contributed by atoms with van der Waals surface area (Å²) in [6, 6.07) is 3.13. The predicted molar refractivity (Wildman–Crippen MR) is 81.0 cm³/mol. The lowest BCUT2D eigenvalue weighted by molar-refractivity contribution is 0.575. The number of benzene rings is 1. The van der Waals surface area contributed by atoms with Crippen molar-refractivity contribution < 1.29 is 4.39 Å². The van der Waals surface area contributed by atoms with Gasteiger partial charge < -0.3 is 10.2 Å². The summed E-state index contributed by atoms with van der Waals surface area (Å²) in [5.41, 5.74) is 1.33. The summed E-state index contributed by atoms with van der Waals surface area (Å²) in [4.78, 5) is 11.1. The molecule has 0 aliphatic carbocycles. The molecular weight excluding hydrogens is 339 g/mol. The highest BCUT2D eigenvalue weighted by Crippen LogP contribution is 2.27. The predicted octanol–water partition coefficient (Wildman–Crippen LogP) is 1.59. The fourth-order valence-electron chi connectivity index (χ4n) is 2.60. The Morgan fingerprint density at radius 1 is 1.24 bits per heavy atom. The second kappa shape index (κ2) is 4.88. The maximum Gasteiger partial charge on any atom is 0.229 e. The number of rotatable bonds is 1. The molecule has 8 heteroatoms. The number of hydrogen-bond donors (Lipinski definition) is 1. The molecule has 0 unspecified atom stereocenters. The number of nitrogens with zero attached hydrogens (tertiary/aromatic N) is 5. The lowest BCUT2D eigenvalue weighted by Crippen LogP contribution is -2.44. The van der Waals surface area contributed by atoms with Crippen LogP contribution < -0.4 is 10.2 Å². The van der Waals surface area contributed by atoms with Gasteiger partial charge in [-0.3, -0.25) is 0 Å². The van der Waals surface area contributed by atoms with Gasteiger partial charge in [-0.05, 0) is 28.1 Å². The second-order valence-electron chi connectivity index (χ2n) is 4.93. The molecule has 6 nitrogen and oxygen atoms in total. The number of hydrogen-bond acceptors (Lipinski definition) is 5. The van der Waals surface area contributed by atoms with Crippen molar-refractivity contribution in [3.63, 3.8) is 0 Å². The molecule has 0 atom stereocenters. The van der Waals surface area contributed by atoms with Crippen molar-refractivity contribution in [1.82, 2.24) is 24.9 Å². The largest absolute Gasteiger partial charge is 0.338 e. The SMILES string of the molecule is Fc1cc2c(cc1Br)nc(N1CCNCC1)n1ncnc21. The van der Waals surface area contributed by atoms with Crippen LogP contribution in [0.15, 0.2) is 22.9 Å². The van der Waals surface area contributed by atoms with Gasteiger partial charge in [0, 0.05) is 31.6 Å². The Morgan fingerprint density at radius 2 is 2.05 bits per heavy atom. The highest BCUT2D eigenvalue weighted by molar-refractivity contribution is 9.10. The number of halogens is 2. The van der Waals surface area contributed by atoms with Crippen LogP contribution in [0.1, 0.15) is 0 Å². The first-order chi connectivity index (χ1) is 10.2. The van der Waals surface area contributed by atoms with E-state index in [1.807, 2.05) is 0 Å². The van der Waals surface area contributed by atoms with Gasteiger partial charge >= 0.3 is 0 Å². The summed E-state index contributed by atoms with van der Waals surface area (Å²) >= 11 is 3.21. The Balaban J connectivity index is 2.00. The van der Waals surface area contributed by atoms with Crippen molar-refractivity contribution in [1.29, 1.82) is 0 Å². The number of fused-ring (bicyclic) bond motifs is 3. The van der Waals surface area contributed by atoms with E-state index in [4.69, 9.17) is 0 Å². The zero-order valence-corrected chi connectivity index (χ0v) is 12.6. The van der Waals surface area contributed by atoms with Gasteiger partial charge in [0.25, 0.3) is 0 Å². The first-order valence-electron chi connectivity index (χ1n) is 6.68. The molecule has 1 saturated heterocycles.